The number of hydrogen-bond donors (Lipinski definition) is 0. The van der Waals surface area contributed by atoms with E-state index in [1.54, 1.807) is 0 Å². The molecule has 0 nitrogen and oxygen atoms in total. The van der Waals surface area contributed by atoms with Crippen LogP contribution in [-0.4, -0.2) is 5.16 Å². The van der Waals surface area contributed by atoms with Gasteiger partial charge < -0.3 is 0 Å². The normalized spacial score (nSPS) is 26.0. The second-order valence-corrected chi connectivity index (χ2v) is 5.27. The highest BCUT2D eigenvalue weighted by Gasteiger charge is 2.24. The Morgan fingerprint density at radius 3 is 2.57 bits per heavy atom. The molecule has 0 N–H and O–H groups in total. The molecule has 1 aliphatic carbocycles. The van der Waals surface area contributed by atoms with Gasteiger partial charge >= 0.3 is 0 Å². The molecule has 0 aromatic heterocycles. The van der Waals surface area contributed by atoms with E-state index >= 15 is 0 Å². The molecule has 1 aliphatic rings. The van der Waals surface area contributed by atoms with E-state index in [0.717, 1.165) is 6.42 Å². The van der Waals surface area contributed by atoms with E-state index < -0.39 is 0 Å². The number of hydrogen-bond acceptors (Lipinski definition) is 0. The second-order valence-electron chi connectivity index (χ2n) is 4.00. The quantitative estimate of drug-likeness (QED) is 0.609. The summed E-state index contributed by atoms with van der Waals surface area (Å²) < 4.78 is 0. The predicted molar refractivity (Wildman–Crippen MR) is 66.3 cm³/mol. The van der Waals surface area contributed by atoms with Crippen LogP contribution in [0.3, 0.4) is 0 Å². The van der Waals surface area contributed by atoms with Crippen molar-refractivity contribution in [3.63, 3.8) is 0 Å². The minimum Gasteiger partial charge on any atom is -0.126 e. The van der Waals surface area contributed by atoms with Crippen LogP contribution in [0.1, 0.15) is 18.9 Å². The summed E-state index contributed by atoms with van der Waals surface area (Å²) in [7, 11) is 2.96. The SMILES string of the molecule is CC1(P)CC=CC=C1c1ccccc1. The van der Waals surface area contributed by atoms with Gasteiger partial charge in [-0.2, -0.15) is 0 Å². The van der Waals surface area contributed by atoms with Crippen molar-refractivity contribution in [3.05, 3.63) is 54.1 Å². The van der Waals surface area contributed by atoms with E-state index in [9.17, 15) is 0 Å². The summed E-state index contributed by atoms with van der Waals surface area (Å²) in [4.78, 5) is 0. The highest BCUT2D eigenvalue weighted by molar-refractivity contribution is 7.20. The van der Waals surface area contributed by atoms with Crippen LogP contribution < -0.4 is 0 Å². The lowest BCUT2D eigenvalue weighted by Crippen LogP contribution is -2.18. The third-order valence-electron chi connectivity index (χ3n) is 2.64. The van der Waals surface area contributed by atoms with E-state index in [2.05, 4.69) is 64.7 Å². The van der Waals surface area contributed by atoms with Crippen molar-refractivity contribution in [2.45, 2.75) is 18.5 Å². The average molecular weight is 202 g/mol. The maximum Gasteiger partial charge on any atom is 0.0110 e. The lowest BCUT2D eigenvalue weighted by Gasteiger charge is -2.29. The minimum absolute atomic E-state index is 0.191. The zero-order valence-electron chi connectivity index (χ0n) is 8.40. The molecule has 0 saturated carbocycles. The summed E-state index contributed by atoms with van der Waals surface area (Å²) in [5.74, 6) is 0. The van der Waals surface area contributed by atoms with Gasteiger partial charge in [-0.15, -0.1) is 9.24 Å². The molecule has 2 rings (SSSR count). The van der Waals surface area contributed by atoms with Crippen molar-refractivity contribution in [2.75, 3.05) is 0 Å². The predicted octanol–water partition coefficient (Wildman–Crippen LogP) is 3.66. The second kappa shape index (κ2) is 3.71. The van der Waals surface area contributed by atoms with Crippen LogP contribution in [0.15, 0.2) is 48.6 Å². The summed E-state index contributed by atoms with van der Waals surface area (Å²) in [6, 6.07) is 10.6. The summed E-state index contributed by atoms with van der Waals surface area (Å²) in [5, 5.41) is 0.191. The highest BCUT2D eigenvalue weighted by atomic mass is 31.0. The first kappa shape index (κ1) is 9.68. The monoisotopic (exact) mass is 202 g/mol. The Morgan fingerprint density at radius 1 is 1.21 bits per heavy atom. The lowest BCUT2D eigenvalue weighted by atomic mass is 9.87. The molecule has 14 heavy (non-hydrogen) atoms. The molecule has 0 saturated heterocycles. The molecule has 72 valence electrons. The van der Waals surface area contributed by atoms with Crippen LogP contribution in [0.5, 0.6) is 0 Å². The number of allylic oxidation sites excluding steroid dienone is 4. The van der Waals surface area contributed by atoms with Crippen LogP contribution in [0.2, 0.25) is 0 Å². The van der Waals surface area contributed by atoms with E-state index in [1.807, 2.05) is 0 Å². The van der Waals surface area contributed by atoms with Crippen LogP contribution in [-0.2, 0) is 0 Å². The van der Waals surface area contributed by atoms with Gasteiger partial charge in [0.15, 0.2) is 0 Å². The average Bonchev–Trinajstić information content (AvgIpc) is 2.18. The molecule has 1 aromatic rings. The molecular weight excluding hydrogens is 187 g/mol. The van der Waals surface area contributed by atoms with Gasteiger partial charge in [-0.05, 0) is 17.6 Å². The third kappa shape index (κ3) is 1.81. The van der Waals surface area contributed by atoms with Crippen LogP contribution in [0.4, 0.5) is 0 Å². The summed E-state index contributed by atoms with van der Waals surface area (Å²) >= 11 is 0. The standard InChI is InChI=1S/C13H15P/c1-13(14)10-6-5-9-12(13)11-7-3-2-4-8-11/h2-9H,10,14H2,1H3. The van der Waals surface area contributed by atoms with Gasteiger partial charge in [0.2, 0.25) is 0 Å². The van der Waals surface area contributed by atoms with Gasteiger partial charge in [0.25, 0.3) is 0 Å². The summed E-state index contributed by atoms with van der Waals surface area (Å²) in [6.45, 7) is 2.26. The maximum atomic E-state index is 2.96. The third-order valence-corrected chi connectivity index (χ3v) is 3.19. The molecule has 0 spiro atoms. The number of rotatable bonds is 1. The molecule has 0 aliphatic heterocycles. The molecule has 1 heteroatoms. The van der Waals surface area contributed by atoms with Gasteiger partial charge in [-0.1, -0.05) is 55.5 Å². The Hall–Kier alpha value is -0.870. The molecule has 2 atom stereocenters. The van der Waals surface area contributed by atoms with Crippen molar-refractivity contribution >= 4 is 14.8 Å². The van der Waals surface area contributed by atoms with Crippen molar-refractivity contribution < 1.29 is 0 Å². The lowest BCUT2D eigenvalue weighted by molar-refractivity contribution is 0.819. The molecular formula is C13H15P. The highest BCUT2D eigenvalue weighted by Crippen LogP contribution is 2.39. The fourth-order valence-electron chi connectivity index (χ4n) is 1.82. The van der Waals surface area contributed by atoms with Gasteiger partial charge in [0.05, 0.1) is 0 Å². The van der Waals surface area contributed by atoms with E-state index in [4.69, 9.17) is 0 Å². The number of benzene rings is 1. The van der Waals surface area contributed by atoms with Gasteiger partial charge in [0, 0.05) is 5.16 Å². The largest absolute Gasteiger partial charge is 0.126 e. The topological polar surface area (TPSA) is 0 Å². The molecule has 0 amide bonds. The van der Waals surface area contributed by atoms with Gasteiger partial charge in [-0.25, -0.2) is 0 Å². The Balaban J connectivity index is 2.43. The van der Waals surface area contributed by atoms with Crippen LogP contribution >= 0.6 is 9.24 Å². The van der Waals surface area contributed by atoms with Crippen molar-refractivity contribution in [1.82, 2.24) is 0 Å². The van der Waals surface area contributed by atoms with Crippen LogP contribution in [0.25, 0.3) is 5.57 Å². The zero-order chi connectivity index (χ0) is 10.0. The summed E-state index contributed by atoms with van der Waals surface area (Å²) in [5.41, 5.74) is 2.74. The molecule has 0 bridgehead atoms. The molecule has 0 heterocycles. The van der Waals surface area contributed by atoms with E-state index in [-0.39, 0.29) is 5.16 Å². The van der Waals surface area contributed by atoms with E-state index in [1.165, 1.54) is 11.1 Å². The Morgan fingerprint density at radius 2 is 1.93 bits per heavy atom. The molecule has 1 aromatic carbocycles. The summed E-state index contributed by atoms with van der Waals surface area (Å²) in [6.07, 6.45) is 7.68. The van der Waals surface area contributed by atoms with Gasteiger partial charge in [-0.3, -0.25) is 0 Å². The van der Waals surface area contributed by atoms with Gasteiger partial charge in [0.1, 0.15) is 0 Å². The van der Waals surface area contributed by atoms with E-state index in [0.29, 0.717) is 0 Å². The Bertz CT molecular complexity index is 371. The van der Waals surface area contributed by atoms with Crippen molar-refractivity contribution in [3.8, 4) is 0 Å². The van der Waals surface area contributed by atoms with Crippen molar-refractivity contribution in [1.29, 1.82) is 0 Å². The fraction of sp³-hybridized carbons (Fsp3) is 0.231. The first-order chi connectivity index (χ1) is 6.70. The minimum atomic E-state index is 0.191. The van der Waals surface area contributed by atoms with Crippen LogP contribution in [0, 0.1) is 0 Å². The smallest absolute Gasteiger partial charge is 0.0110 e. The molecule has 2 unspecified atom stereocenters. The molecule has 0 radical (unpaired) electrons. The zero-order valence-corrected chi connectivity index (χ0v) is 9.56. The first-order valence-electron chi connectivity index (χ1n) is 4.92. The fourth-order valence-corrected chi connectivity index (χ4v) is 2.22. The Labute approximate surface area is 87.9 Å². The molecule has 0 fully saturated rings. The maximum absolute atomic E-state index is 2.96. The Kier molecular flexibility index (Phi) is 2.56. The van der Waals surface area contributed by atoms with Crippen molar-refractivity contribution in [2.24, 2.45) is 0 Å². The first-order valence-corrected chi connectivity index (χ1v) is 5.49.